The number of carbonyl (C=O) groups is 1. The molecule has 4 atom stereocenters. The lowest BCUT2D eigenvalue weighted by Crippen LogP contribution is -2.52. The predicted molar refractivity (Wildman–Crippen MR) is 80.5 cm³/mol. The van der Waals surface area contributed by atoms with Gasteiger partial charge in [0.2, 0.25) is 5.91 Å². The Morgan fingerprint density at radius 1 is 1.20 bits per heavy atom. The number of nitrogens with zero attached hydrogens (tertiary/aromatic N) is 2. The van der Waals surface area contributed by atoms with Gasteiger partial charge in [-0.1, -0.05) is 13.8 Å². The van der Waals surface area contributed by atoms with Gasteiger partial charge in [0.25, 0.3) is 0 Å². The van der Waals surface area contributed by atoms with E-state index in [1.165, 1.54) is 19.3 Å². The van der Waals surface area contributed by atoms with Gasteiger partial charge in [-0.25, -0.2) is 0 Å². The first-order chi connectivity index (χ1) is 9.63. The van der Waals surface area contributed by atoms with E-state index in [-0.39, 0.29) is 0 Å². The third-order valence-corrected chi connectivity index (χ3v) is 5.35. The van der Waals surface area contributed by atoms with Gasteiger partial charge >= 0.3 is 0 Å². The van der Waals surface area contributed by atoms with Gasteiger partial charge in [-0.2, -0.15) is 0 Å². The summed E-state index contributed by atoms with van der Waals surface area (Å²) in [5.74, 6) is 2.45. The Hall–Kier alpha value is -0.610. The van der Waals surface area contributed by atoms with Gasteiger partial charge in [0.05, 0.1) is 6.54 Å². The lowest BCUT2D eigenvalue weighted by molar-refractivity contribution is -0.136. The van der Waals surface area contributed by atoms with E-state index in [0.717, 1.165) is 38.6 Å². The maximum absolute atomic E-state index is 12.6. The normalized spacial score (nSPS) is 38.8. The molecule has 4 nitrogen and oxygen atoms in total. The smallest absolute Gasteiger partial charge is 0.236 e. The Bertz CT molecular complexity index is 350. The highest BCUT2D eigenvalue weighted by atomic mass is 16.2. The van der Waals surface area contributed by atoms with Crippen LogP contribution in [0.15, 0.2) is 0 Å². The molecule has 0 aromatic rings. The van der Waals surface area contributed by atoms with E-state index >= 15 is 0 Å². The van der Waals surface area contributed by atoms with E-state index in [4.69, 9.17) is 0 Å². The Labute approximate surface area is 122 Å². The van der Waals surface area contributed by atoms with Crippen LogP contribution in [0.25, 0.3) is 0 Å². The molecule has 4 heteroatoms. The molecule has 3 aliphatic heterocycles. The van der Waals surface area contributed by atoms with Crippen LogP contribution in [-0.2, 0) is 4.79 Å². The summed E-state index contributed by atoms with van der Waals surface area (Å²) >= 11 is 0. The van der Waals surface area contributed by atoms with Gasteiger partial charge in [0, 0.05) is 25.7 Å². The fourth-order valence-corrected chi connectivity index (χ4v) is 4.50. The Balaban J connectivity index is 1.57. The van der Waals surface area contributed by atoms with Crippen molar-refractivity contribution in [1.82, 2.24) is 15.1 Å². The highest BCUT2D eigenvalue weighted by Gasteiger charge is 2.36. The van der Waals surface area contributed by atoms with E-state index in [9.17, 15) is 4.79 Å². The van der Waals surface area contributed by atoms with E-state index < -0.39 is 0 Å². The van der Waals surface area contributed by atoms with Crippen molar-refractivity contribution in [3.8, 4) is 0 Å². The van der Waals surface area contributed by atoms with Crippen LogP contribution in [0.4, 0.5) is 0 Å². The van der Waals surface area contributed by atoms with Crippen LogP contribution in [0.1, 0.15) is 33.1 Å². The highest BCUT2D eigenvalue weighted by molar-refractivity contribution is 5.78. The lowest BCUT2D eigenvalue weighted by Gasteiger charge is -2.40. The molecule has 20 heavy (non-hydrogen) atoms. The first-order valence-electron chi connectivity index (χ1n) is 8.36. The van der Waals surface area contributed by atoms with Crippen molar-refractivity contribution in [3.05, 3.63) is 0 Å². The lowest BCUT2D eigenvalue weighted by atomic mass is 9.91. The molecule has 0 spiro atoms. The first kappa shape index (κ1) is 14.3. The molecule has 0 aromatic carbocycles. The Morgan fingerprint density at radius 2 is 1.95 bits per heavy atom. The molecule has 3 aliphatic rings. The van der Waals surface area contributed by atoms with Crippen LogP contribution in [0.5, 0.6) is 0 Å². The van der Waals surface area contributed by atoms with Crippen LogP contribution in [0.3, 0.4) is 0 Å². The van der Waals surface area contributed by atoms with E-state index in [1.807, 2.05) is 0 Å². The van der Waals surface area contributed by atoms with Gasteiger partial charge in [-0.3, -0.25) is 9.69 Å². The van der Waals surface area contributed by atoms with Gasteiger partial charge in [-0.15, -0.1) is 0 Å². The van der Waals surface area contributed by atoms with E-state index in [2.05, 4.69) is 29.0 Å². The summed E-state index contributed by atoms with van der Waals surface area (Å²) in [5.41, 5.74) is 0. The molecule has 3 heterocycles. The summed E-state index contributed by atoms with van der Waals surface area (Å²) in [6.45, 7) is 10.4. The van der Waals surface area contributed by atoms with Crippen molar-refractivity contribution in [3.63, 3.8) is 0 Å². The molecule has 0 saturated carbocycles. The van der Waals surface area contributed by atoms with Crippen molar-refractivity contribution < 1.29 is 4.79 Å². The predicted octanol–water partition coefficient (Wildman–Crippen LogP) is 1.17. The average Bonchev–Trinajstić information content (AvgIpc) is 2.87. The number of likely N-dealkylation sites (tertiary alicyclic amines) is 2. The van der Waals surface area contributed by atoms with Crippen molar-refractivity contribution >= 4 is 5.91 Å². The summed E-state index contributed by atoms with van der Waals surface area (Å²) < 4.78 is 0. The molecule has 4 unspecified atom stereocenters. The quantitative estimate of drug-likeness (QED) is 0.824. The molecular weight excluding hydrogens is 250 g/mol. The number of carbonyl (C=O) groups excluding carboxylic acids is 1. The Kier molecular flexibility index (Phi) is 4.32. The van der Waals surface area contributed by atoms with Gasteiger partial charge in [-0.05, 0) is 50.1 Å². The van der Waals surface area contributed by atoms with Crippen LogP contribution in [0, 0.1) is 17.8 Å². The fraction of sp³-hybridized carbons (Fsp3) is 0.938. The summed E-state index contributed by atoms with van der Waals surface area (Å²) in [7, 11) is 0. The fourth-order valence-electron chi connectivity index (χ4n) is 4.50. The number of fused-ring (bicyclic) bond motifs is 1. The van der Waals surface area contributed by atoms with Crippen LogP contribution < -0.4 is 5.32 Å². The van der Waals surface area contributed by atoms with Crippen molar-refractivity contribution in [2.24, 2.45) is 17.8 Å². The van der Waals surface area contributed by atoms with Crippen LogP contribution in [0.2, 0.25) is 0 Å². The largest absolute Gasteiger partial charge is 0.341 e. The number of hydrogen-bond donors (Lipinski definition) is 1. The number of hydrogen-bond acceptors (Lipinski definition) is 3. The molecule has 3 rings (SSSR count). The third-order valence-electron chi connectivity index (χ3n) is 5.35. The molecule has 114 valence electrons. The Morgan fingerprint density at radius 3 is 2.70 bits per heavy atom. The molecule has 0 radical (unpaired) electrons. The molecule has 0 aromatic heterocycles. The molecule has 3 fully saturated rings. The molecular formula is C16H29N3O. The standard InChI is InChI=1S/C16H29N3O/c1-12-6-13(2)10-19(9-12)16(20)11-18-5-3-4-14-7-17-8-15(14)18/h12-15,17H,3-11H2,1-2H3. The zero-order chi connectivity index (χ0) is 14.1. The number of piperidine rings is 2. The van der Waals surface area contributed by atoms with E-state index in [0.29, 0.717) is 30.3 Å². The molecule has 1 amide bonds. The van der Waals surface area contributed by atoms with Crippen LogP contribution >= 0.6 is 0 Å². The van der Waals surface area contributed by atoms with Crippen molar-refractivity contribution in [1.29, 1.82) is 0 Å². The van der Waals surface area contributed by atoms with Crippen molar-refractivity contribution in [2.45, 2.75) is 39.2 Å². The molecule has 1 N–H and O–H groups in total. The second-order valence-electron chi connectivity index (χ2n) is 7.34. The molecule has 3 saturated heterocycles. The minimum Gasteiger partial charge on any atom is -0.341 e. The molecule has 0 aliphatic carbocycles. The first-order valence-corrected chi connectivity index (χ1v) is 8.36. The maximum Gasteiger partial charge on any atom is 0.236 e. The number of amides is 1. The van der Waals surface area contributed by atoms with Crippen molar-refractivity contribution in [2.75, 3.05) is 39.3 Å². The minimum atomic E-state index is 0.357. The second kappa shape index (κ2) is 6.02. The summed E-state index contributed by atoms with van der Waals surface area (Å²) in [5, 5.41) is 3.49. The zero-order valence-corrected chi connectivity index (χ0v) is 13.0. The second-order valence-corrected chi connectivity index (χ2v) is 7.34. The highest BCUT2D eigenvalue weighted by Crippen LogP contribution is 2.27. The van der Waals surface area contributed by atoms with Gasteiger partial charge in [0.15, 0.2) is 0 Å². The van der Waals surface area contributed by atoms with Crippen LogP contribution in [-0.4, -0.2) is 61.0 Å². The SMILES string of the molecule is CC1CC(C)CN(C(=O)CN2CCCC3CNCC32)C1. The van der Waals surface area contributed by atoms with Gasteiger partial charge in [0.1, 0.15) is 0 Å². The minimum absolute atomic E-state index is 0.357. The van der Waals surface area contributed by atoms with E-state index in [1.54, 1.807) is 0 Å². The topological polar surface area (TPSA) is 35.6 Å². The third kappa shape index (κ3) is 3.01. The average molecular weight is 279 g/mol. The monoisotopic (exact) mass is 279 g/mol. The zero-order valence-electron chi connectivity index (χ0n) is 13.0. The summed E-state index contributed by atoms with van der Waals surface area (Å²) in [6, 6.07) is 0.604. The number of rotatable bonds is 2. The summed E-state index contributed by atoms with van der Waals surface area (Å²) in [4.78, 5) is 17.2. The summed E-state index contributed by atoms with van der Waals surface area (Å²) in [6.07, 6.45) is 3.85. The van der Waals surface area contributed by atoms with Gasteiger partial charge < -0.3 is 10.2 Å². The maximum atomic E-state index is 12.6. The molecule has 0 bridgehead atoms. The number of nitrogens with one attached hydrogen (secondary N) is 1.